The van der Waals surface area contributed by atoms with Crippen LogP contribution in [0.3, 0.4) is 0 Å². The molecule has 2 aromatic carbocycles. The Balaban J connectivity index is 1.16. The van der Waals surface area contributed by atoms with Crippen molar-refractivity contribution < 1.29 is 27.6 Å². The van der Waals surface area contributed by atoms with Crippen molar-refractivity contribution in [2.45, 2.75) is 39.9 Å². The van der Waals surface area contributed by atoms with Gasteiger partial charge in [-0.2, -0.15) is 4.98 Å². The molecule has 44 heavy (non-hydrogen) atoms. The second-order valence-electron chi connectivity index (χ2n) is 9.86. The van der Waals surface area contributed by atoms with E-state index < -0.39 is 0 Å². The molecule has 0 aliphatic carbocycles. The van der Waals surface area contributed by atoms with E-state index in [-0.39, 0.29) is 13.2 Å². The highest BCUT2D eigenvalue weighted by Gasteiger charge is 2.16. The lowest BCUT2D eigenvalue weighted by molar-refractivity contribution is 0.275. The zero-order valence-electron chi connectivity index (χ0n) is 24.6. The van der Waals surface area contributed by atoms with E-state index in [4.69, 9.17) is 32.7 Å². The van der Waals surface area contributed by atoms with Gasteiger partial charge in [0.05, 0.1) is 24.6 Å². The zero-order valence-corrected chi connectivity index (χ0v) is 24.6. The van der Waals surface area contributed by atoms with Crippen molar-refractivity contribution >= 4 is 12.2 Å². The monoisotopic (exact) mass is 593 g/mol. The first-order valence-electron chi connectivity index (χ1n) is 14.2. The molecule has 0 aliphatic rings. The van der Waals surface area contributed by atoms with Crippen LogP contribution in [0, 0.1) is 6.92 Å². The minimum absolute atomic E-state index is 0.203. The number of para-hydroxylation sites is 1. The third-order valence-electron chi connectivity index (χ3n) is 6.68. The number of nitrogens with zero attached hydrogens (tertiary/aromatic N) is 5. The predicted octanol–water partition coefficient (Wildman–Crippen LogP) is 7.10. The number of benzene rings is 2. The van der Waals surface area contributed by atoms with Crippen LogP contribution >= 0.6 is 0 Å². The molecule has 0 spiro atoms. The van der Waals surface area contributed by atoms with E-state index in [0.29, 0.717) is 52.2 Å². The molecule has 224 valence electrons. The zero-order chi connectivity index (χ0) is 30.3. The quantitative estimate of drug-likeness (QED) is 0.137. The highest BCUT2D eigenvalue weighted by molar-refractivity contribution is 5.68. The maximum Gasteiger partial charge on any atom is 0.263 e. The molecule has 0 saturated heterocycles. The predicted molar refractivity (Wildman–Crippen MR) is 161 cm³/mol. The normalized spacial score (nSPS) is 11.3. The molecular weight excluding hydrogens is 562 g/mol. The third kappa shape index (κ3) is 6.57. The number of methoxy groups -OCH3 is 1. The summed E-state index contributed by atoms with van der Waals surface area (Å²) in [5.74, 6) is 4.30. The number of hydrogen-bond donors (Lipinski definition) is 0. The molecule has 0 fully saturated rings. The van der Waals surface area contributed by atoms with Gasteiger partial charge in [-0.15, -0.1) is 5.10 Å². The van der Waals surface area contributed by atoms with Crippen LogP contribution in [-0.2, 0) is 19.6 Å². The average molecular weight is 594 g/mol. The largest absolute Gasteiger partial charge is 0.493 e. The van der Waals surface area contributed by atoms with Gasteiger partial charge in [0.1, 0.15) is 24.7 Å². The van der Waals surface area contributed by atoms with Crippen molar-refractivity contribution in [2.24, 2.45) is 0 Å². The molecule has 0 aliphatic heterocycles. The summed E-state index contributed by atoms with van der Waals surface area (Å²) in [6.07, 6.45) is 8.78. The van der Waals surface area contributed by atoms with Crippen LogP contribution in [0.4, 0.5) is 0 Å². The van der Waals surface area contributed by atoms with Gasteiger partial charge in [0.2, 0.25) is 5.88 Å². The molecule has 6 rings (SSSR count). The summed E-state index contributed by atoms with van der Waals surface area (Å²) in [6, 6.07) is 19.0. The van der Waals surface area contributed by atoms with E-state index in [2.05, 4.69) is 22.0 Å². The Morgan fingerprint density at radius 3 is 2.61 bits per heavy atom. The molecule has 0 unspecified atom stereocenters. The Hall–Kier alpha value is -5.58. The summed E-state index contributed by atoms with van der Waals surface area (Å²) in [6.45, 7) is 4.36. The molecule has 4 heterocycles. The van der Waals surface area contributed by atoms with Gasteiger partial charge in [-0.1, -0.05) is 36.3 Å². The Morgan fingerprint density at radius 2 is 1.82 bits per heavy atom. The Morgan fingerprint density at radius 1 is 0.932 bits per heavy atom. The summed E-state index contributed by atoms with van der Waals surface area (Å²) in [5.41, 5.74) is 3.20. The van der Waals surface area contributed by atoms with Crippen LogP contribution in [0.2, 0.25) is 0 Å². The lowest BCUT2D eigenvalue weighted by Gasteiger charge is -2.12. The van der Waals surface area contributed by atoms with Gasteiger partial charge in [-0.25, -0.2) is 9.67 Å². The summed E-state index contributed by atoms with van der Waals surface area (Å²) in [5, 5.41) is 8.71. The fourth-order valence-corrected chi connectivity index (χ4v) is 4.42. The van der Waals surface area contributed by atoms with Crippen molar-refractivity contribution in [1.29, 1.82) is 0 Å². The van der Waals surface area contributed by atoms with Gasteiger partial charge in [0, 0.05) is 18.7 Å². The van der Waals surface area contributed by atoms with Crippen molar-refractivity contribution in [3.05, 3.63) is 107 Å². The van der Waals surface area contributed by atoms with Gasteiger partial charge < -0.3 is 27.6 Å². The van der Waals surface area contributed by atoms with Gasteiger partial charge in [-0.05, 0) is 61.4 Å². The average Bonchev–Trinajstić information content (AvgIpc) is 3.87. The molecule has 11 nitrogen and oxygen atoms in total. The SMILES string of the molecule is CCCc1noc(/C=C/c2cn(-c3ccccc3)nc2OCc2ccc(OCc3nc(-c4ccco4)oc3C)c(OC)c2)n1. The van der Waals surface area contributed by atoms with Gasteiger partial charge >= 0.3 is 0 Å². The number of furan rings is 1. The molecule has 0 radical (unpaired) electrons. The van der Waals surface area contributed by atoms with E-state index >= 15 is 0 Å². The summed E-state index contributed by atoms with van der Waals surface area (Å²) >= 11 is 0. The highest BCUT2D eigenvalue weighted by atomic mass is 16.5. The van der Waals surface area contributed by atoms with Crippen LogP contribution in [0.1, 0.15) is 47.6 Å². The topological polar surface area (TPSA) is 124 Å². The Kier molecular flexibility index (Phi) is 8.53. The number of aromatic nitrogens is 5. The summed E-state index contributed by atoms with van der Waals surface area (Å²) < 4.78 is 36.1. The number of oxazole rings is 1. The van der Waals surface area contributed by atoms with Gasteiger partial charge in [-0.3, -0.25) is 0 Å². The highest BCUT2D eigenvalue weighted by Crippen LogP contribution is 2.31. The molecule has 0 bridgehead atoms. The van der Waals surface area contributed by atoms with Crippen LogP contribution in [-0.4, -0.2) is 32.0 Å². The first kappa shape index (κ1) is 28.5. The summed E-state index contributed by atoms with van der Waals surface area (Å²) in [7, 11) is 1.59. The molecule has 0 amide bonds. The Labute approximate surface area is 253 Å². The third-order valence-corrected chi connectivity index (χ3v) is 6.68. The number of ether oxygens (including phenoxy) is 3. The van der Waals surface area contributed by atoms with E-state index in [0.717, 1.165) is 29.7 Å². The lowest BCUT2D eigenvalue weighted by Crippen LogP contribution is -2.02. The second kappa shape index (κ2) is 13.2. The minimum atomic E-state index is 0.203. The standard InChI is InChI=1S/C33H31N5O6/c1-4-9-30-35-31(44-37-30)16-14-24-19-38(25-10-6-5-7-11-25)36-32(24)42-20-23-13-15-27(29(18-23)39-3)41-21-26-22(2)43-33(34-26)28-12-8-17-40-28/h5-8,10-19H,4,9,20-21H2,1-3H3/b16-14+. The van der Waals surface area contributed by atoms with Crippen molar-refractivity contribution in [3.8, 4) is 34.7 Å². The minimum Gasteiger partial charge on any atom is -0.493 e. The van der Waals surface area contributed by atoms with Crippen molar-refractivity contribution in [1.82, 2.24) is 24.9 Å². The fraction of sp³-hybridized carbons (Fsp3) is 0.212. The van der Waals surface area contributed by atoms with Crippen LogP contribution < -0.4 is 14.2 Å². The van der Waals surface area contributed by atoms with Gasteiger partial charge in [0.15, 0.2) is 23.1 Å². The molecule has 0 N–H and O–H groups in total. The van der Waals surface area contributed by atoms with Crippen LogP contribution in [0.5, 0.6) is 17.4 Å². The summed E-state index contributed by atoms with van der Waals surface area (Å²) in [4.78, 5) is 8.92. The van der Waals surface area contributed by atoms with Crippen molar-refractivity contribution in [3.63, 3.8) is 0 Å². The first-order valence-corrected chi connectivity index (χ1v) is 14.2. The maximum atomic E-state index is 6.20. The molecule has 4 aromatic heterocycles. The molecule has 0 saturated carbocycles. The van der Waals surface area contributed by atoms with Gasteiger partial charge in [0.25, 0.3) is 11.8 Å². The Bertz CT molecular complexity index is 1840. The van der Waals surface area contributed by atoms with E-state index in [1.807, 2.05) is 67.7 Å². The molecule has 0 atom stereocenters. The second-order valence-corrected chi connectivity index (χ2v) is 9.86. The van der Waals surface area contributed by atoms with Crippen LogP contribution in [0.25, 0.3) is 29.5 Å². The van der Waals surface area contributed by atoms with E-state index in [9.17, 15) is 0 Å². The molecule has 11 heteroatoms. The van der Waals surface area contributed by atoms with E-state index in [1.165, 1.54) is 0 Å². The smallest absolute Gasteiger partial charge is 0.263 e. The lowest BCUT2D eigenvalue weighted by atomic mass is 10.2. The van der Waals surface area contributed by atoms with Crippen LogP contribution in [0.15, 0.2) is 86.5 Å². The number of rotatable bonds is 13. The number of hydrogen-bond acceptors (Lipinski definition) is 10. The maximum absolute atomic E-state index is 6.20. The first-order chi connectivity index (χ1) is 21.6. The molecular formula is C33H31N5O6. The van der Waals surface area contributed by atoms with Crippen molar-refractivity contribution in [2.75, 3.05) is 7.11 Å². The van der Waals surface area contributed by atoms with E-state index in [1.54, 1.807) is 36.3 Å². The fourth-order valence-electron chi connectivity index (χ4n) is 4.42. The molecule has 6 aromatic rings. The number of aryl methyl sites for hydroxylation is 2.